The first-order chi connectivity index (χ1) is 21.2. The minimum absolute atomic E-state index is 0.00532. The van der Waals surface area contributed by atoms with E-state index >= 15 is 0 Å². The third-order valence-corrected chi connectivity index (χ3v) is 13.6. The quantitative estimate of drug-likeness (QED) is 0.227. The van der Waals surface area contributed by atoms with Crippen LogP contribution in [0, 0.1) is 23.2 Å². The highest BCUT2D eigenvalue weighted by Crippen LogP contribution is 2.66. The van der Waals surface area contributed by atoms with Crippen LogP contribution in [0.3, 0.4) is 0 Å². The van der Waals surface area contributed by atoms with Crippen LogP contribution in [0.25, 0.3) is 0 Å². The summed E-state index contributed by atoms with van der Waals surface area (Å²) in [4.78, 5) is 14.1. The van der Waals surface area contributed by atoms with Crippen molar-refractivity contribution in [1.29, 1.82) is 0 Å². The number of ether oxygens (including phenoxy) is 1. The van der Waals surface area contributed by atoms with E-state index in [2.05, 4.69) is 48.5 Å². The van der Waals surface area contributed by atoms with Crippen molar-refractivity contribution in [2.45, 2.75) is 92.8 Å². The number of carbonyl (C=O) groups excluding carboxylic acids is 1. The van der Waals surface area contributed by atoms with E-state index < -0.39 is 10.1 Å². The molecule has 0 N–H and O–H groups in total. The van der Waals surface area contributed by atoms with E-state index in [-0.39, 0.29) is 39.4 Å². The van der Waals surface area contributed by atoms with Crippen LogP contribution >= 0.6 is 0 Å². The molecule has 4 fully saturated rings. The molecule has 8 aliphatic rings. The lowest BCUT2D eigenvalue weighted by Crippen LogP contribution is -2.56. The van der Waals surface area contributed by atoms with Crippen molar-refractivity contribution in [1.82, 2.24) is 0 Å². The predicted molar refractivity (Wildman–Crippen MR) is 165 cm³/mol. The Hall–Kier alpha value is -2.96. The number of esters is 1. The van der Waals surface area contributed by atoms with Crippen molar-refractivity contribution in [2.24, 2.45) is 23.2 Å². The minimum Gasteiger partial charge on any atom is -0.744 e. The molecule has 6 heteroatoms. The maximum Gasteiger partial charge on any atom is 0.309 e. The first-order valence-electron chi connectivity index (χ1n) is 16.7. The van der Waals surface area contributed by atoms with Gasteiger partial charge in [-0.05, 0) is 133 Å². The SMILES string of the molecule is O=C(OCC12CC3CC(C1)CC(c1ccc(S(=O)(=O)[O-])c4c1CCCC4)(C3)C2)C1CC2c3ccccc3C1c1ccccc12. The van der Waals surface area contributed by atoms with E-state index in [9.17, 15) is 17.8 Å². The highest BCUT2D eigenvalue weighted by molar-refractivity contribution is 7.85. The fourth-order valence-corrected chi connectivity index (χ4v) is 12.5. The summed E-state index contributed by atoms with van der Waals surface area (Å²) in [5.41, 5.74) is 8.45. The van der Waals surface area contributed by atoms with Crippen LogP contribution in [0.5, 0.6) is 0 Å². The van der Waals surface area contributed by atoms with Crippen LogP contribution in [-0.2, 0) is 37.9 Å². The molecule has 3 unspecified atom stereocenters. The number of rotatable bonds is 5. The average molecular weight is 608 g/mol. The molecule has 0 aliphatic heterocycles. The van der Waals surface area contributed by atoms with Gasteiger partial charge in [-0.1, -0.05) is 54.6 Å². The van der Waals surface area contributed by atoms with Crippen molar-refractivity contribution >= 4 is 16.1 Å². The van der Waals surface area contributed by atoms with Gasteiger partial charge in [-0.3, -0.25) is 4.79 Å². The Bertz CT molecular complexity index is 1750. The molecular weight excluding hydrogens is 568 g/mol. The molecule has 3 aromatic carbocycles. The third kappa shape index (κ3) is 3.99. The maximum atomic E-state index is 14.1. The van der Waals surface area contributed by atoms with Gasteiger partial charge in [0.1, 0.15) is 10.1 Å². The summed E-state index contributed by atoms with van der Waals surface area (Å²) < 4.78 is 43.0. The van der Waals surface area contributed by atoms with Gasteiger partial charge in [-0.25, -0.2) is 8.42 Å². The minimum atomic E-state index is -4.51. The normalized spacial score (nSPS) is 34.2. The van der Waals surface area contributed by atoms with Gasteiger partial charge in [0.05, 0.1) is 17.4 Å². The van der Waals surface area contributed by atoms with Crippen LogP contribution in [0.1, 0.15) is 109 Å². The maximum absolute atomic E-state index is 14.1. The predicted octanol–water partition coefficient (Wildman–Crippen LogP) is 7.15. The van der Waals surface area contributed by atoms with E-state index in [4.69, 9.17) is 4.74 Å². The van der Waals surface area contributed by atoms with Crippen molar-refractivity contribution in [3.8, 4) is 0 Å². The van der Waals surface area contributed by atoms with Crippen LogP contribution < -0.4 is 0 Å². The lowest BCUT2D eigenvalue weighted by atomic mass is 9.42. The molecule has 4 saturated carbocycles. The molecule has 11 rings (SSSR count). The van der Waals surface area contributed by atoms with Gasteiger partial charge in [-0.15, -0.1) is 0 Å². The Kier molecular flexibility index (Phi) is 5.92. The number of benzene rings is 3. The zero-order valence-corrected chi connectivity index (χ0v) is 25.9. The Morgan fingerprint density at radius 1 is 0.795 bits per heavy atom. The van der Waals surface area contributed by atoms with Crippen molar-refractivity contribution < 1.29 is 22.5 Å². The van der Waals surface area contributed by atoms with Gasteiger partial charge in [0.2, 0.25) is 0 Å². The lowest BCUT2D eigenvalue weighted by Gasteiger charge is -2.62. The number of hydrogen-bond acceptors (Lipinski definition) is 5. The van der Waals surface area contributed by atoms with Crippen LogP contribution in [-0.4, -0.2) is 25.5 Å². The number of carbonyl (C=O) groups is 1. The van der Waals surface area contributed by atoms with E-state index in [1.54, 1.807) is 6.07 Å². The van der Waals surface area contributed by atoms with Gasteiger partial charge < -0.3 is 9.29 Å². The Balaban J connectivity index is 1.02. The first-order valence-corrected chi connectivity index (χ1v) is 18.1. The molecule has 8 aliphatic carbocycles. The van der Waals surface area contributed by atoms with E-state index in [1.807, 2.05) is 6.07 Å². The molecule has 0 saturated heterocycles. The molecule has 3 atom stereocenters. The summed E-state index contributed by atoms with van der Waals surface area (Å²) in [6.45, 7) is 0.479. The monoisotopic (exact) mass is 607 g/mol. The first kappa shape index (κ1) is 27.4. The van der Waals surface area contributed by atoms with Gasteiger partial charge in [0.15, 0.2) is 0 Å². The molecule has 3 aromatic rings. The molecule has 0 aromatic heterocycles. The highest BCUT2D eigenvalue weighted by atomic mass is 32.2. The Morgan fingerprint density at radius 2 is 1.41 bits per heavy atom. The molecular formula is C38H39O5S-. The smallest absolute Gasteiger partial charge is 0.309 e. The standard InChI is InChI=1S/C38H40O5S/c39-36(32-16-31-25-7-1-5-11-29(25)35(32)30-12-6-2-8-26(30)31)43-22-37-17-23-15-24(18-37)20-38(19-23,21-37)33-13-14-34(44(40,41)42)28-10-4-3-9-27(28)33/h1-2,5-8,11-14,23-24,31-32,35H,3-4,9-10,15-22H2,(H,40,41,42)/p-1. The Morgan fingerprint density at radius 3 is 2.05 bits per heavy atom. The summed E-state index contributed by atoms with van der Waals surface area (Å²) in [5, 5.41) is 0. The molecule has 44 heavy (non-hydrogen) atoms. The van der Waals surface area contributed by atoms with Crippen molar-refractivity contribution in [2.75, 3.05) is 6.61 Å². The van der Waals surface area contributed by atoms with Crippen LogP contribution in [0.15, 0.2) is 65.6 Å². The summed E-state index contributed by atoms with van der Waals surface area (Å²) in [7, 11) is -4.51. The topological polar surface area (TPSA) is 83.5 Å². The van der Waals surface area contributed by atoms with Crippen molar-refractivity contribution in [3.63, 3.8) is 0 Å². The molecule has 0 spiro atoms. The fourth-order valence-electron chi connectivity index (χ4n) is 11.7. The van der Waals surface area contributed by atoms with E-state index in [1.165, 1.54) is 34.2 Å². The van der Waals surface area contributed by atoms with E-state index in [0.29, 0.717) is 24.9 Å². The fraction of sp³-hybridized carbons (Fsp3) is 0.500. The molecule has 0 heterocycles. The third-order valence-electron chi connectivity index (χ3n) is 12.6. The van der Waals surface area contributed by atoms with Gasteiger partial charge in [-0.2, -0.15) is 0 Å². The largest absolute Gasteiger partial charge is 0.744 e. The zero-order chi connectivity index (χ0) is 29.8. The van der Waals surface area contributed by atoms with Gasteiger partial charge in [0, 0.05) is 17.3 Å². The molecule has 228 valence electrons. The number of hydrogen-bond donors (Lipinski definition) is 0. The molecule has 0 amide bonds. The summed E-state index contributed by atoms with van der Waals surface area (Å²) in [5.74, 6) is 1.27. The second kappa shape index (κ2) is 9.53. The summed E-state index contributed by atoms with van der Waals surface area (Å²) in [6.07, 6.45) is 11.0. The molecule has 0 radical (unpaired) electrons. The van der Waals surface area contributed by atoms with Gasteiger partial charge in [0.25, 0.3) is 0 Å². The zero-order valence-electron chi connectivity index (χ0n) is 25.1. The number of fused-ring (bicyclic) bond motifs is 2. The van der Waals surface area contributed by atoms with Crippen LogP contribution in [0.4, 0.5) is 0 Å². The Labute approximate surface area is 260 Å². The molecule has 6 bridgehead atoms. The average Bonchev–Trinajstić information content (AvgIpc) is 3.02. The van der Waals surface area contributed by atoms with E-state index in [0.717, 1.165) is 68.9 Å². The summed E-state index contributed by atoms with van der Waals surface area (Å²) in [6, 6.07) is 20.9. The second-order valence-electron chi connectivity index (χ2n) is 15.2. The summed E-state index contributed by atoms with van der Waals surface area (Å²) >= 11 is 0. The van der Waals surface area contributed by atoms with Crippen molar-refractivity contribution in [3.05, 3.63) is 99.6 Å². The highest BCUT2D eigenvalue weighted by Gasteiger charge is 2.59. The molecule has 5 nitrogen and oxygen atoms in total. The second-order valence-corrected chi connectivity index (χ2v) is 16.6. The lowest BCUT2D eigenvalue weighted by molar-refractivity contribution is -0.163. The van der Waals surface area contributed by atoms with Gasteiger partial charge >= 0.3 is 5.97 Å². The van der Waals surface area contributed by atoms with Crippen LogP contribution in [0.2, 0.25) is 0 Å².